The fourth-order valence-electron chi connectivity index (χ4n) is 4.88. The lowest BCUT2D eigenvalue weighted by atomic mass is 9.94. The zero-order chi connectivity index (χ0) is 30.0. The van der Waals surface area contributed by atoms with Gasteiger partial charge in [0.25, 0.3) is 5.91 Å². The van der Waals surface area contributed by atoms with Gasteiger partial charge in [0.2, 0.25) is 11.1 Å². The van der Waals surface area contributed by atoms with Crippen molar-refractivity contribution in [2.45, 2.75) is 44.6 Å². The molecule has 5 rings (SSSR count). The molecule has 0 saturated carbocycles. The van der Waals surface area contributed by atoms with Gasteiger partial charge in [0.05, 0.1) is 23.8 Å². The van der Waals surface area contributed by atoms with E-state index in [1.54, 1.807) is 11.8 Å². The summed E-state index contributed by atoms with van der Waals surface area (Å²) in [5.41, 5.74) is 5.80. The molecule has 1 aliphatic heterocycles. The third-order valence-electron chi connectivity index (χ3n) is 6.88. The maximum atomic E-state index is 14.0. The van der Waals surface area contributed by atoms with E-state index in [1.807, 2.05) is 82.3 Å². The number of hydrogen-bond acceptors (Lipinski definition) is 7. The topological polar surface area (TPSA) is 90.3 Å². The van der Waals surface area contributed by atoms with Gasteiger partial charge in [0.1, 0.15) is 6.04 Å². The van der Waals surface area contributed by atoms with Crippen molar-refractivity contribution in [1.29, 1.82) is 0 Å². The Labute approximate surface area is 263 Å². The van der Waals surface area contributed by atoms with Gasteiger partial charge in [-0.25, -0.2) is 4.68 Å². The molecule has 0 radical (unpaired) electrons. The predicted molar refractivity (Wildman–Crippen MR) is 172 cm³/mol. The minimum absolute atomic E-state index is 0.243. The van der Waals surface area contributed by atoms with Gasteiger partial charge in [-0.2, -0.15) is 4.98 Å². The van der Waals surface area contributed by atoms with Gasteiger partial charge in [-0.3, -0.25) is 4.79 Å². The molecule has 1 atom stereocenters. The highest BCUT2D eigenvalue weighted by Crippen LogP contribution is 2.43. The van der Waals surface area contributed by atoms with Gasteiger partial charge < -0.3 is 20.1 Å². The summed E-state index contributed by atoms with van der Waals surface area (Å²) in [6.07, 6.45) is 0. The summed E-state index contributed by atoms with van der Waals surface area (Å²) in [5.74, 6) is 2.03. The monoisotopic (exact) mass is 667 g/mol. The molecule has 1 unspecified atom stereocenters. The van der Waals surface area contributed by atoms with E-state index >= 15 is 0 Å². The summed E-state index contributed by atoms with van der Waals surface area (Å²) in [4.78, 5) is 18.8. The molecule has 0 spiro atoms. The fraction of sp³-hybridized carbons (Fsp3) is 0.258. The van der Waals surface area contributed by atoms with Crippen LogP contribution >= 0.6 is 39.3 Å². The van der Waals surface area contributed by atoms with Gasteiger partial charge in [-0.05, 0) is 84.6 Å². The van der Waals surface area contributed by atoms with E-state index in [2.05, 4.69) is 26.6 Å². The molecule has 11 heteroatoms. The first-order valence-corrected chi connectivity index (χ1v) is 15.5. The van der Waals surface area contributed by atoms with Crippen molar-refractivity contribution in [1.82, 2.24) is 14.8 Å². The van der Waals surface area contributed by atoms with Crippen LogP contribution < -0.4 is 20.1 Å². The maximum Gasteiger partial charge on any atom is 0.255 e. The first kappa shape index (κ1) is 30.0. The van der Waals surface area contributed by atoms with Crippen LogP contribution in [0.2, 0.25) is 5.02 Å². The third-order valence-corrected chi connectivity index (χ3v) is 8.72. The number of carbonyl (C=O) groups excluding carboxylic acids is 1. The molecule has 2 heterocycles. The number of thioether (sulfide) groups is 1. The number of carbonyl (C=O) groups is 1. The average molecular weight is 669 g/mol. The molecule has 1 aliphatic rings. The first-order chi connectivity index (χ1) is 20.2. The summed E-state index contributed by atoms with van der Waals surface area (Å²) in [5, 5.41) is 12.5. The van der Waals surface area contributed by atoms with E-state index in [-0.39, 0.29) is 5.91 Å². The van der Waals surface area contributed by atoms with Crippen LogP contribution in [0.15, 0.2) is 75.5 Å². The Kier molecular flexibility index (Phi) is 9.15. The van der Waals surface area contributed by atoms with Gasteiger partial charge in [0, 0.05) is 22.2 Å². The number of benzene rings is 3. The van der Waals surface area contributed by atoms with E-state index in [0.29, 0.717) is 55.7 Å². The highest BCUT2D eigenvalue weighted by molar-refractivity contribution is 9.10. The van der Waals surface area contributed by atoms with Crippen LogP contribution in [0.1, 0.15) is 42.1 Å². The van der Waals surface area contributed by atoms with E-state index in [1.165, 1.54) is 11.8 Å². The number of ether oxygens (including phenoxy) is 2. The van der Waals surface area contributed by atoms with Crippen molar-refractivity contribution in [3.05, 3.63) is 97.6 Å². The summed E-state index contributed by atoms with van der Waals surface area (Å²) in [7, 11) is 1.59. The molecule has 0 fully saturated rings. The number of amides is 1. The molecule has 0 bridgehead atoms. The SMILES string of the molecule is CCOc1c(Br)cc(C2C(C(=O)Nc3ccc(C)cc3C)=C(C)Nc3nc(SCc4ccccc4Cl)nn32)cc1OC. The molecule has 42 heavy (non-hydrogen) atoms. The first-order valence-electron chi connectivity index (χ1n) is 13.4. The van der Waals surface area contributed by atoms with E-state index in [0.717, 1.165) is 27.9 Å². The minimum Gasteiger partial charge on any atom is -0.493 e. The number of nitrogens with zero attached hydrogens (tertiary/aromatic N) is 3. The predicted octanol–water partition coefficient (Wildman–Crippen LogP) is 7.94. The lowest BCUT2D eigenvalue weighted by molar-refractivity contribution is -0.113. The molecule has 3 aromatic carbocycles. The van der Waals surface area contributed by atoms with E-state index in [4.69, 9.17) is 31.2 Å². The molecule has 218 valence electrons. The number of allylic oxidation sites excluding steroid dienone is 1. The molecule has 4 aromatic rings. The van der Waals surface area contributed by atoms with Gasteiger partial charge >= 0.3 is 0 Å². The maximum absolute atomic E-state index is 14.0. The second-order valence-corrected chi connectivity index (χ2v) is 12.1. The molecular formula is C31H31BrClN5O3S. The van der Waals surface area contributed by atoms with Crippen LogP contribution in [0, 0.1) is 13.8 Å². The number of rotatable bonds is 9. The Hall–Kier alpha value is -3.47. The number of fused-ring (bicyclic) bond motifs is 1. The van der Waals surface area contributed by atoms with E-state index in [9.17, 15) is 4.79 Å². The van der Waals surface area contributed by atoms with Crippen molar-refractivity contribution in [2.75, 3.05) is 24.4 Å². The Morgan fingerprint density at radius 1 is 1.17 bits per heavy atom. The number of aryl methyl sites for hydroxylation is 2. The van der Waals surface area contributed by atoms with Crippen LogP contribution in [0.3, 0.4) is 0 Å². The van der Waals surface area contributed by atoms with Crippen molar-refractivity contribution in [3.8, 4) is 11.5 Å². The normalized spacial score (nSPS) is 14.3. The largest absolute Gasteiger partial charge is 0.493 e. The number of nitrogens with one attached hydrogen (secondary N) is 2. The second kappa shape index (κ2) is 12.8. The Bertz CT molecular complexity index is 1690. The third kappa shape index (κ3) is 6.16. The van der Waals surface area contributed by atoms with Gasteiger partial charge in [-0.1, -0.05) is 59.3 Å². The van der Waals surface area contributed by atoms with Crippen LogP contribution in [-0.4, -0.2) is 34.4 Å². The van der Waals surface area contributed by atoms with Crippen LogP contribution in [0.25, 0.3) is 0 Å². The quantitative estimate of drug-likeness (QED) is 0.175. The molecule has 1 aromatic heterocycles. The Balaban J connectivity index is 1.57. The molecular weight excluding hydrogens is 638 g/mol. The molecule has 0 saturated heterocycles. The highest BCUT2D eigenvalue weighted by atomic mass is 79.9. The minimum atomic E-state index is -0.602. The van der Waals surface area contributed by atoms with Crippen LogP contribution in [0.5, 0.6) is 11.5 Å². The van der Waals surface area contributed by atoms with E-state index < -0.39 is 6.04 Å². The number of hydrogen-bond donors (Lipinski definition) is 2. The second-order valence-electron chi connectivity index (χ2n) is 9.85. The van der Waals surface area contributed by atoms with Crippen molar-refractivity contribution in [3.63, 3.8) is 0 Å². The number of halogens is 2. The lowest BCUT2D eigenvalue weighted by Gasteiger charge is -2.29. The molecule has 0 aliphatic carbocycles. The van der Waals surface area contributed by atoms with Gasteiger partial charge in [0.15, 0.2) is 11.5 Å². The van der Waals surface area contributed by atoms with Gasteiger partial charge in [-0.15, -0.1) is 5.10 Å². The summed E-state index contributed by atoms with van der Waals surface area (Å²) in [6.45, 7) is 8.27. The fourth-order valence-corrected chi connectivity index (χ4v) is 6.57. The summed E-state index contributed by atoms with van der Waals surface area (Å²) < 4.78 is 14.0. The number of anilines is 2. The highest BCUT2D eigenvalue weighted by Gasteiger charge is 2.35. The Morgan fingerprint density at radius 3 is 2.67 bits per heavy atom. The van der Waals surface area contributed by atoms with Crippen LogP contribution in [0.4, 0.5) is 11.6 Å². The number of methoxy groups -OCH3 is 1. The number of aromatic nitrogens is 3. The summed E-state index contributed by atoms with van der Waals surface area (Å²) >= 11 is 11.5. The average Bonchev–Trinajstić information content (AvgIpc) is 3.36. The Morgan fingerprint density at radius 2 is 1.95 bits per heavy atom. The smallest absolute Gasteiger partial charge is 0.255 e. The molecule has 8 nitrogen and oxygen atoms in total. The van der Waals surface area contributed by atoms with Crippen molar-refractivity contribution < 1.29 is 14.3 Å². The van der Waals surface area contributed by atoms with Crippen molar-refractivity contribution in [2.24, 2.45) is 0 Å². The molecule has 1 amide bonds. The standard InChI is InChI=1S/C31H31BrClN5O3S/c1-6-41-28-22(32)14-21(15-25(28)40-5)27-26(29(39)35-24-12-11-17(2)13-18(24)3)19(4)34-30-36-31(37-38(27)30)42-16-20-9-7-8-10-23(20)33/h7-15,27H,6,16H2,1-5H3,(H,35,39)(H,34,36,37). The lowest BCUT2D eigenvalue weighted by Crippen LogP contribution is -2.31. The molecule has 2 N–H and O–H groups in total. The van der Waals surface area contributed by atoms with Crippen molar-refractivity contribution >= 4 is 56.8 Å². The zero-order valence-electron chi connectivity index (χ0n) is 23.9. The zero-order valence-corrected chi connectivity index (χ0v) is 27.1. The summed E-state index contributed by atoms with van der Waals surface area (Å²) in [6, 6.07) is 16.9. The van der Waals surface area contributed by atoms with Crippen LogP contribution in [-0.2, 0) is 10.5 Å².